The highest BCUT2D eigenvalue weighted by Gasteiger charge is 2.12. The van der Waals surface area contributed by atoms with Crippen LogP contribution >= 0.6 is 0 Å². The van der Waals surface area contributed by atoms with Crippen molar-refractivity contribution < 1.29 is 24.0 Å². The Bertz CT molecular complexity index is 602. The smallest absolute Gasteiger partial charge is 0.332 e. The highest BCUT2D eigenvalue weighted by molar-refractivity contribution is 5.95. The third kappa shape index (κ3) is 2.67. The molecule has 0 radical (unpaired) electrons. The van der Waals surface area contributed by atoms with Crippen molar-refractivity contribution in [2.24, 2.45) is 0 Å². The number of carboxylic acid groups (broad SMARTS) is 1. The van der Waals surface area contributed by atoms with E-state index in [4.69, 9.17) is 9.52 Å². The van der Waals surface area contributed by atoms with Gasteiger partial charge in [0, 0.05) is 5.39 Å². The molecule has 0 bridgehead atoms. The van der Waals surface area contributed by atoms with Crippen molar-refractivity contribution in [1.29, 1.82) is 0 Å². The minimum absolute atomic E-state index is 0.0704. The summed E-state index contributed by atoms with van der Waals surface area (Å²) in [6.45, 7) is 1.33. The van der Waals surface area contributed by atoms with Crippen molar-refractivity contribution in [3.63, 3.8) is 0 Å². The van der Waals surface area contributed by atoms with E-state index in [-0.39, 0.29) is 5.76 Å². The predicted octanol–water partition coefficient (Wildman–Crippen LogP) is 1.49. The third-order valence-electron chi connectivity index (χ3n) is 2.26. The lowest BCUT2D eigenvalue weighted by molar-refractivity contribution is -0.144. The molecule has 0 fully saturated rings. The van der Waals surface area contributed by atoms with Gasteiger partial charge in [-0.25, -0.2) is 10.3 Å². The molecule has 94 valence electrons. The van der Waals surface area contributed by atoms with E-state index in [0.29, 0.717) is 5.58 Å². The van der Waals surface area contributed by atoms with Gasteiger partial charge in [-0.15, -0.1) is 0 Å². The van der Waals surface area contributed by atoms with Gasteiger partial charge in [0.2, 0.25) is 0 Å². The summed E-state index contributed by atoms with van der Waals surface area (Å²) >= 11 is 0. The summed E-state index contributed by atoms with van der Waals surface area (Å²) in [6, 6.07) is 7.09. The molecule has 0 unspecified atom stereocenters. The summed E-state index contributed by atoms with van der Waals surface area (Å²) in [5, 5.41) is 9.15. The molecule has 0 aliphatic carbocycles. The van der Waals surface area contributed by atoms with Crippen LogP contribution in [0.5, 0.6) is 0 Å². The number of carbonyl (C=O) groups excluding carboxylic acids is 1. The maximum atomic E-state index is 11.6. The summed E-state index contributed by atoms with van der Waals surface area (Å²) in [5.74, 6) is -1.72. The number of aliphatic carboxylic acids is 1. The van der Waals surface area contributed by atoms with Gasteiger partial charge >= 0.3 is 11.9 Å². The highest BCUT2D eigenvalue weighted by atomic mass is 16.7. The van der Waals surface area contributed by atoms with Gasteiger partial charge in [-0.1, -0.05) is 11.6 Å². The summed E-state index contributed by atoms with van der Waals surface area (Å²) in [4.78, 5) is 26.2. The molecule has 0 aliphatic heterocycles. The molecular formula is C12H11NO5. The van der Waals surface area contributed by atoms with Crippen LogP contribution < -0.4 is 5.48 Å². The number of carboxylic acids is 1. The Morgan fingerprint density at radius 2 is 2.17 bits per heavy atom. The fourth-order valence-electron chi connectivity index (χ4n) is 1.49. The van der Waals surface area contributed by atoms with Gasteiger partial charge in [-0.2, -0.15) is 0 Å². The minimum Gasteiger partial charge on any atom is -0.479 e. The Labute approximate surface area is 102 Å². The first-order valence-corrected chi connectivity index (χ1v) is 5.20. The molecule has 0 aliphatic rings. The molecule has 6 heteroatoms. The number of hydroxylamine groups is 1. The molecule has 0 atom stereocenters. The normalized spacial score (nSPS) is 10.5. The average molecular weight is 249 g/mol. The van der Waals surface area contributed by atoms with E-state index in [9.17, 15) is 9.59 Å². The van der Waals surface area contributed by atoms with Crippen molar-refractivity contribution in [3.8, 4) is 0 Å². The Balaban J connectivity index is 2.10. The van der Waals surface area contributed by atoms with Crippen LogP contribution in [0, 0.1) is 6.92 Å². The number of hydrogen-bond acceptors (Lipinski definition) is 4. The van der Waals surface area contributed by atoms with Crippen molar-refractivity contribution in [1.82, 2.24) is 5.48 Å². The molecule has 1 amide bonds. The average Bonchev–Trinajstić information content (AvgIpc) is 2.71. The number of benzene rings is 1. The van der Waals surface area contributed by atoms with Crippen LogP contribution in [0.4, 0.5) is 0 Å². The monoisotopic (exact) mass is 249 g/mol. The van der Waals surface area contributed by atoms with Gasteiger partial charge in [0.25, 0.3) is 0 Å². The van der Waals surface area contributed by atoms with Crippen LogP contribution in [-0.2, 0) is 9.63 Å². The maximum absolute atomic E-state index is 11.6. The number of furan rings is 1. The van der Waals surface area contributed by atoms with E-state index < -0.39 is 18.5 Å². The van der Waals surface area contributed by atoms with Gasteiger partial charge in [0.1, 0.15) is 5.58 Å². The standard InChI is InChI=1S/C12H11NO5/c1-7-2-3-9-8(4-7)5-10(18-9)12(16)13-17-6-11(14)15/h2-5H,6H2,1H3,(H,13,16)(H,14,15). The number of rotatable bonds is 4. The molecule has 0 saturated heterocycles. The Morgan fingerprint density at radius 3 is 2.89 bits per heavy atom. The third-order valence-corrected chi connectivity index (χ3v) is 2.26. The van der Waals surface area contributed by atoms with Crippen LogP contribution in [0.3, 0.4) is 0 Å². The predicted molar refractivity (Wildman–Crippen MR) is 62.0 cm³/mol. The lowest BCUT2D eigenvalue weighted by Crippen LogP contribution is -2.26. The molecule has 18 heavy (non-hydrogen) atoms. The second kappa shape index (κ2) is 4.89. The summed E-state index contributed by atoms with van der Waals surface area (Å²) in [7, 11) is 0. The number of aryl methyl sites for hydroxylation is 1. The molecule has 1 heterocycles. The number of amides is 1. The topological polar surface area (TPSA) is 88.8 Å². The zero-order chi connectivity index (χ0) is 13.1. The summed E-state index contributed by atoms with van der Waals surface area (Å²) < 4.78 is 5.30. The second-order valence-corrected chi connectivity index (χ2v) is 3.77. The highest BCUT2D eigenvalue weighted by Crippen LogP contribution is 2.20. The molecule has 2 N–H and O–H groups in total. The summed E-state index contributed by atoms with van der Waals surface area (Å²) in [5.41, 5.74) is 3.63. The van der Waals surface area contributed by atoms with Gasteiger partial charge < -0.3 is 9.52 Å². The molecular weight excluding hydrogens is 238 g/mol. The lowest BCUT2D eigenvalue weighted by Gasteiger charge is -2.00. The van der Waals surface area contributed by atoms with E-state index in [0.717, 1.165) is 10.9 Å². The second-order valence-electron chi connectivity index (χ2n) is 3.77. The van der Waals surface area contributed by atoms with Crippen LogP contribution in [0.25, 0.3) is 11.0 Å². The van der Waals surface area contributed by atoms with Crippen LogP contribution in [0.15, 0.2) is 28.7 Å². The van der Waals surface area contributed by atoms with E-state index in [2.05, 4.69) is 4.84 Å². The van der Waals surface area contributed by atoms with Gasteiger partial charge in [-0.05, 0) is 25.1 Å². The van der Waals surface area contributed by atoms with Gasteiger partial charge in [0.05, 0.1) is 0 Å². The summed E-state index contributed by atoms with van der Waals surface area (Å²) in [6.07, 6.45) is 0. The van der Waals surface area contributed by atoms with Crippen molar-refractivity contribution in [2.45, 2.75) is 6.92 Å². The first kappa shape index (κ1) is 12.1. The minimum atomic E-state index is -1.17. The zero-order valence-corrected chi connectivity index (χ0v) is 9.60. The van der Waals surface area contributed by atoms with Crippen LogP contribution in [-0.4, -0.2) is 23.6 Å². The van der Waals surface area contributed by atoms with E-state index >= 15 is 0 Å². The lowest BCUT2D eigenvalue weighted by atomic mass is 10.2. The quantitative estimate of drug-likeness (QED) is 0.801. The van der Waals surface area contributed by atoms with Crippen molar-refractivity contribution in [2.75, 3.05) is 6.61 Å². The molecule has 0 spiro atoms. The molecule has 6 nitrogen and oxygen atoms in total. The van der Waals surface area contributed by atoms with Crippen molar-refractivity contribution >= 4 is 22.8 Å². The van der Waals surface area contributed by atoms with E-state index in [1.807, 2.05) is 24.5 Å². The molecule has 2 rings (SSSR count). The Hall–Kier alpha value is -2.34. The SMILES string of the molecule is Cc1ccc2oc(C(=O)NOCC(=O)O)cc2c1. The Morgan fingerprint density at radius 1 is 1.39 bits per heavy atom. The van der Waals surface area contributed by atoms with Crippen LogP contribution in [0.2, 0.25) is 0 Å². The Kier molecular flexibility index (Phi) is 3.29. The number of hydrogen-bond donors (Lipinski definition) is 2. The maximum Gasteiger partial charge on any atom is 0.332 e. The number of carbonyl (C=O) groups is 2. The first-order chi connectivity index (χ1) is 8.56. The first-order valence-electron chi connectivity index (χ1n) is 5.20. The molecule has 1 aromatic heterocycles. The fraction of sp³-hybridized carbons (Fsp3) is 0.167. The fourth-order valence-corrected chi connectivity index (χ4v) is 1.49. The molecule has 2 aromatic rings. The number of fused-ring (bicyclic) bond motifs is 1. The van der Waals surface area contributed by atoms with Crippen LogP contribution in [0.1, 0.15) is 16.1 Å². The number of nitrogens with one attached hydrogen (secondary N) is 1. The van der Waals surface area contributed by atoms with Gasteiger partial charge in [-0.3, -0.25) is 9.63 Å². The van der Waals surface area contributed by atoms with Crippen molar-refractivity contribution in [3.05, 3.63) is 35.6 Å². The largest absolute Gasteiger partial charge is 0.479 e. The zero-order valence-electron chi connectivity index (χ0n) is 9.60. The molecule has 0 saturated carbocycles. The molecule has 1 aromatic carbocycles. The van der Waals surface area contributed by atoms with E-state index in [1.54, 1.807) is 12.1 Å². The van der Waals surface area contributed by atoms with Gasteiger partial charge in [0.15, 0.2) is 12.4 Å². The van der Waals surface area contributed by atoms with E-state index in [1.165, 1.54) is 0 Å².